The predicted molar refractivity (Wildman–Crippen MR) is 230 cm³/mol. The minimum absolute atomic E-state index is 0.0286. The Hall–Kier alpha value is -2.85. The molecule has 320 valence electrons. The van der Waals surface area contributed by atoms with Crippen molar-refractivity contribution in [3.05, 3.63) is 85.1 Å². The molecule has 0 radical (unpaired) electrons. The van der Waals surface area contributed by atoms with Gasteiger partial charge < -0.3 is 25.2 Å². The standard InChI is InChI=1S/C45H76NO9P/c1-3-5-6-7-8-9-10-11-12-13-14-19-22-25-28-31-34-37-45(49)55-43(41-54-56(50,51)53-39-38-46)40-52-44(48)36-33-30-27-24-21-18-16-15-17-20-23-26-29-32-35-42(47)4-2/h11-12,14,16-20,24-29,42-43,47H,3-10,13,15,21-23,30-41,46H2,1-2H3,(H,50,51)/b12-11-,18-16-,19-14-,20-17-,27-24-,28-25-,29-26-/t42-,43+/m0/s1. The maximum absolute atomic E-state index is 12.5. The number of carbonyl (C=O) groups is 2. The number of rotatable bonds is 38. The van der Waals surface area contributed by atoms with Crippen LogP contribution in [0.15, 0.2) is 85.1 Å². The largest absolute Gasteiger partial charge is 0.472 e. The minimum atomic E-state index is -4.41. The van der Waals surface area contributed by atoms with E-state index in [9.17, 15) is 24.2 Å². The third kappa shape index (κ3) is 39.4. The molecule has 0 aliphatic rings. The molecule has 10 nitrogen and oxygen atoms in total. The zero-order valence-corrected chi connectivity index (χ0v) is 35.6. The van der Waals surface area contributed by atoms with Gasteiger partial charge in [0.1, 0.15) is 6.61 Å². The summed E-state index contributed by atoms with van der Waals surface area (Å²) in [5.74, 6) is -0.983. The highest BCUT2D eigenvalue weighted by molar-refractivity contribution is 7.47. The Morgan fingerprint density at radius 2 is 1.07 bits per heavy atom. The van der Waals surface area contributed by atoms with Crippen LogP contribution in [0.25, 0.3) is 0 Å². The van der Waals surface area contributed by atoms with Crippen LogP contribution in [0.4, 0.5) is 0 Å². The third-order valence-corrected chi connectivity index (χ3v) is 9.40. The first-order valence-electron chi connectivity index (χ1n) is 21.1. The number of unbranched alkanes of at least 4 members (excludes halogenated alkanes) is 8. The lowest BCUT2D eigenvalue weighted by atomic mass is 10.1. The van der Waals surface area contributed by atoms with Gasteiger partial charge in [0.25, 0.3) is 0 Å². The van der Waals surface area contributed by atoms with E-state index in [4.69, 9.17) is 24.3 Å². The number of nitrogens with two attached hydrogens (primary N) is 1. The summed E-state index contributed by atoms with van der Waals surface area (Å²) in [6.45, 7) is 3.29. The smallest absolute Gasteiger partial charge is 0.462 e. The van der Waals surface area contributed by atoms with Crippen LogP contribution in [0.2, 0.25) is 0 Å². The van der Waals surface area contributed by atoms with E-state index >= 15 is 0 Å². The molecule has 0 aliphatic heterocycles. The number of allylic oxidation sites excluding steroid dienone is 14. The summed E-state index contributed by atoms with van der Waals surface area (Å²) < 4.78 is 32.6. The molecule has 0 fully saturated rings. The molecule has 56 heavy (non-hydrogen) atoms. The zero-order chi connectivity index (χ0) is 41.2. The van der Waals surface area contributed by atoms with E-state index in [1.54, 1.807) is 0 Å². The molecule has 0 bridgehead atoms. The van der Waals surface area contributed by atoms with Crippen LogP contribution in [0.1, 0.15) is 149 Å². The van der Waals surface area contributed by atoms with E-state index in [1.165, 1.54) is 38.5 Å². The Morgan fingerprint density at radius 3 is 1.59 bits per heavy atom. The second kappa shape index (κ2) is 40.4. The minimum Gasteiger partial charge on any atom is -0.462 e. The fourth-order valence-corrected chi connectivity index (χ4v) is 5.86. The molecular formula is C45H76NO9P. The molecule has 4 N–H and O–H groups in total. The lowest BCUT2D eigenvalue weighted by molar-refractivity contribution is -0.161. The van der Waals surface area contributed by atoms with Gasteiger partial charge in [0, 0.05) is 19.4 Å². The van der Waals surface area contributed by atoms with Crippen LogP contribution in [-0.2, 0) is 32.7 Å². The second-order valence-electron chi connectivity index (χ2n) is 13.6. The number of esters is 2. The van der Waals surface area contributed by atoms with E-state index in [0.29, 0.717) is 25.7 Å². The van der Waals surface area contributed by atoms with Crippen LogP contribution < -0.4 is 5.73 Å². The average Bonchev–Trinajstić information content (AvgIpc) is 3.18. The molecule has 0 rings (SSSR count). The molecule has 1 unspecified atom stereocenters. The van der Waals surface area contributed by atoms with Gasteiger partial charge >= 0.3 is 19.8 Å². The molecule has 0 aromatic heterocycles. The number of aliphatic hydroxyl groups excluding tert-OH is 1. The highest BCUT2D eigenvalue weighted by atomic mass is 31.2. The van der Waals surface area contributed by atoms with Crippen LogP contribution in [-0.4, -0.2) is 60.5 Å². The molecule has 0 saturated heterocycles. The Morgan fingerprint density at radius 1 is 0.607 bits per heavy atom. The van der Waals surface area contributed by atoms with Gasteiger partial charge in [0.15, 0.2) is 6.10 Å². The fourth-order valence-electron chi connectivity index (χ4n) is 5.09. The van der Waals surface area contributed by atoms with Gasteiger partial charge in [0.2, 0.25) is 0 Å². The van der Waals surface area contributed by atoms with Crippen LogP contribution >= 0.6 is 7.82 Å². The van der Waals surface area contributed by atoms with Gasteiger partial charge in [0.05, 0.1) is 19.3 Å². The zero-order valence-electron chi connectivity index (χ0n) is 34.7. The summed E-state index contributed by atoms with van der Waals surface area (Å²) in [5.41, 5.74) is 5.33. The van der Waals surface area contributed by atoms with E-state index in [2.05, 4.69) is 79.8 Å². The summed E-state index contributed by atoms with van der Waals surface area (Å²) in [5, 5.41) is 9.55. The number of aliphatic hydroxyl groups is 1. The molecule has 0 aromatic rings. The second-order valence-corrected chi connectivity index (χ2v) is 15.1. The summed E-state index contributed by atoms with van der Waals surface area (Å²) in [7, 11) is -4.41. The molecule has 0 spiro atoms. The molecule has 0 heterocycles. The summed E-state index contributed by atoms with van der Waals surface area (Å²) >= 11 is 0. The van der Waals surface area contributed by atoms with Crippen molar-refractivity contribution >= 4 is 19.8 Å². The third-order valence-electron chi connectivity index (χ3n) is 8.42. The molecule has 0 saturated carbocycles. The first-order chi connectivity index (χ1) is 27.2. The van der Waals surface area contributed by atoms with Gasteiger partial charge in [-0.2, -0.15) is 0 Å². The summed E-state index contributed by atoms with van der Waals surface area (Å²) in [6.07, 6.45) is 47.1. The average molecular weight is 806 g/mol. The monoisotopic (exact) mass is 806 g/mol. The molecule has 0 aliphatic carbocycles. The maximum Gasteiger partial charge on any atom is 0.472 e. The first kappa shape index (κ1) is 53.1. The predicted octanol–water partition coefficient (Wildman–Crippen LogP) is 11.0. The van der Waals surface area contributed by atoms with Crippen LogP contribution in [0, 0.1) is 0 Å². The van der Waals surface area contributed by atoms with E-state index in [0.717, 1.165) is 57.8 Å². The fraction of sp³-hybridized carbons (Fsp3) is 0.644. The quantitative estimate of drug-likeness (QED) is 0.0238. The van der Waals surface area contributed by atoms with Gasteiger partial charge in [-0.1, -0.05) is 131 Å². The van der Waals surface area contributed by atoms with E-state index < -0.39 is 32.5 Å². The van der Waals surface area contributed by atoms with E-state index in [1.807, 2.05) is 19.1 Å². The first-order valence-corrected chi connectivity index (χ1v) is 22.6. The lowest BCUT2D eigenvalue weighted by Gasteiger charge is -2.19. The summed E-state index contributed by atoms with van der Waals surface area (Å²) in [6, 6.07) is 0. The van der Waals surface area contributed by atoms with Crippen molar-refractivity contribution in [1.29, 1.82) is 0 Å². The number of phosphoric acid groups is 1. The lowest BCUT2D eigenvalue weighted by Crippen LogP contribution is -2.29. The number of hydrogen-bond acceptors (Lipinski definition) is 9. The highest BCUT2D eigenvalue weighted by Crippen LogP contribution is 2.43. The van der Waals surface area contributed by atoms with Crippen molar-refractivity contribution in [2.75, 3.05) is 26.4 Å². The van der Waals surface area contributed by atoms with Crippen molar-refractivity contribution in [3.8, 4) is 0 Å². The number of ether oxygens (including phenoxy) is 2. The van der Waals surface area contributed by atoms with Crippen molar-refractivity contribution in [2.45, 2.75) is 161 Å². The summed E-state index contributed by atoms with van der Waals surface area (Å²) in [4.78, 5) is 34.8. The van der Waals surface area contributed by atoms with Crippen molar-refractivity contribution < 1.29 is 42.7 Å². The van der Waals surface area contributed by atoms with Gasteiger partial charge in [-0.15, -0.1) is 0 Å². The van der Waals surface area contributed by atoms with E-state index in [-0.39, 0.29) is 38.7 Å². The number of carbonyl (C=O) groups excluding carboxylic acids is 2. The van der Waals surface area contributed by atoms with Gasteiger partial charge in [-0.25, -0.2) is 4.57 Å². The maximum atomic E-state index is 12.5. The Labute approximate surface area is 339 Å². The van der Waals surface area contributed by atoms with Crippen molar-refractivity contribution in [1.82, 2.24) is 0 Å². The highest BCUT2D eigenvalue weighted by Gasteiger charge is 2.25. The Bertz CT molecular complexity index is 1210. The Balaban J connectivity index is 4.38. The van der Waals surface area contributed by atoms with Crippen molar-refractivity contribution in [2.24, 2.45) is 5.73 Å². The number of phosphoric ester groups is 1. The Kier molecular flexibility index (Phi) is 38.3. The van der Waals surface area contributed by atoms with Crippen molar-refractivity contribution in [3.63, 3.8) is 0 Å². The van der Waals surface area contributed by atoms with Gasteiger partial charge in [-0.05, 0) is 89.9 Å². The molecular weight excluding hydrogens is 729 g/mol. The molecule has 0 amide bonds. The normalized spacial score (nSPS) is 14.7. The SMILES string of the molecule is CCCCCCCC/C=C\C/C=C\C/C=C\CCCC(=O)O[C@H](COC(=O)CCC/C=C\C/C=C\C/C=C\C/C=C\CC[C@@H](O)CC)COP(=O)(O)OCCN. The molecule has 11 heteroatoms. The van der Waals surface area contributed by atoms with Gasteiger partial charge in [-0.3, -0.25) is 18.6 Å². The molecule has 0 aromatic carbocycles. The van der Waals surface area contributed by atoms with Crippen LogP contribution in [0.5, 0.6) is 0 Å². The molecule has 3 atom stereocenters. The topological polar surface area (TPSA) is 155 Å². The number of hydrogen-bond donors (Lipinski definition) is 3. The van der Waals surface area contributed by atoms with Crippen LogP contribution in [0.3, 0.4) is 0 Å².